The van der Waals surface area contributed by atoms with Gasteiger partial charge in [0.25, 0.3) is 0 Å². The molecular weight excluding hydrogens is 202 g/mol. The van der Waals surface area contributed by atoms with Gasteiger partial charge in [-0.25, -0.2) is 9.97 Å². The summed E-state index contributed by atoms with van der Waals surface area (Å²) in [7, 11) is 0. The van der Waals surface area contributed by atoms with Crippen molar-refractivity contribution < 1.29 is 4.74 Å². The molecule has 0 bridgehead atoms. The minimum Gasteiger partial charge on any atom is -0.492 e. The summed E-state index contributed by atoms with van der Waals surface area (Å²) in [6.45, 7) is 4.78. The van der Waals surface area contributed by atoms with Crippen LogP contribution in [0.15, 0.2) is 24.4 Å². The number of hydrogen-bond acceptors (Lipinski definition) is 4. The number of nitrogens with zero attached hydrogens (tertiary/aromatic N) is 2. The van der Waals surface area contributed by atoms with Gasteiger partial charge in [-0.3, -0.25) is 0 Å². The van der Waals surface area contributed by atoms with Crippen LogP contribution in [0, 0.1) is 6.92 Å². The van der Waals surface area contributed by atoms with Crippen molar-refractivity contribution in [3.63, 3.8) is 0 Å². The quantitative estimate of drug-likeness (QED) is 0.783. The first-order valence-electron chi connectivity index (χ1n) is 5.21. The standard InChI is InChI=1S/C12H14N3O/c1-2-12-14-8-9-7-10(16-6-5-13)3-4-11(9)15-12/h3-4,7-8H,1-2,5-6,13H2/q+1. The van der Waals surface area contributed by atoms with Crippen LogP contribution >= 0.6 is 0 Å². The first-order valence-corrected chi connectivity index (χ1v) is 5.21. The summed E-state index contributed by atoms with van der Waals surface area (Å²) in [4.78, 5) is 8.55. The van der Waals surface area contributed by atoms with Gasteiger partial charge >= 0.3 is 0 Å². The van der Waals surface area contributed by atoms with Crippen LogP contribution in [0.4, 0.5) is 0 Å². The number of rotatable bonds is 4. The predicted octanol–water partition coefficient (Wildman–Crippen LogP) is 1.34. The molecule has 4 heteroatoms. The van der Waals surface area contributed by atoms with E-state index in [1.54, 1.807) is 6.20 Å². The molecule has 0 unspecified atom stereocenters. The van der Waals surface area contributed by atoms with Gasteiger partial charge in [-0.1, -0.05) is 0 Å². The van der Waals surface area contributed by atoms with E-state index in [0.29, 0.717) is 19.6 Å². The van der Waals surface area contributed by atoms with Crippen molar-refractivity contribution in [3.8, 4) is 5.75 Å². The van der Waals surface area contributed by atoms with Crippen LogP contribution in [-0.4, -0.2) is 23.1 Å². The van der Waals surface area contributed by atoms with E-state index in [0.717, 1.165) is 22.5 Å². The Labute approximate surface area is 94.5 Å². The van der Waals surface area contributed by atoms with Crippen molar-refractivity contribution in [2.24, 2.45) is 5.73 Å². The third-order valence-corrected chi connectivity index (χ3v) is 2.21. The van der Waals surface area contributed by atoms with Crippen molar-refractivity contribution in [3.05, 3.63) is 37.1 Å². The molecule has 0 atom stereocenters. The molecule has 0 saturated heterocycles. The summed E-state index contributed by atoms with van der Waals surface area (Å²) < 4.78 is 5.43. The molecule has 0 aliphatic heterocycles. The van der Waals surface area contributed by atoms with Crippen molar-refractivity contribution in [1.29, 1.82) is 0 Å². The Morgan fingerprint density at radius 3 is 3.00 bits per heavy atom. The zero-order valence-electron chi connectivity index (χ0n) is 9.02. The number of benzene rings is 1. The highest BCUT2D eigenvalue weighted by Crippen LogP contribution is 2.18. The highest BCUT2D eigenvalue weighted by Gasteiger charge is 2.02. The Morgan fingerprint density at radius 1 is 1.38 bits per heavy atom. The molecule has 0 radical (unpaired) electrons. The maximum Gasteiger partial charge on any atom is 0.173 e. The van der Waals surface area contributed by atoms with Crippen molar-refractivity contribution in [1.82, 2.24) is 9.97 Å². The first-order chi connectivity index (χ1) is 7.83. The third kappa shape index (κ3) is 2.23. The normalized spacial score (nSPS) is 10.6. The van der Waals surface area contributed by atoms with Crippen LogP contribution in [0.25, 0.3) is 10.9 Å². The van der Waals surface area contributed by atoms with Crippen molar-refractivity contribution in [2.75, 3.05) is 13.2 Å². The van der Waals surface area contributed by atoms with Gasteiger partial charge in [0.15, 0.2) is 5.82 Å². The van der Waals surface area contributed by atoms with E-state index in [1.807, 2.05) is 18.2 Å². The maximum atomic E-state index is 5.43. The van der Waals surface area contributed by atoms with E-state index >= 15 is 0 Å². The molecule has 2 N–H and O–H groups in total. The van der Waals surface area contributed by atoms with Crippen molar-refractivity contribution in [2.45, 2.75) is 6.42 Å². The molecule has 0 saturated carbocycles. The lowest BCUT2D eigenvalue weighted by Gasteiger charge is -2.05. The topological polar surface area (TPSA) is 61.0 Å². The van der Waals surface area contributed by atoms with E-state index in [1.165, 1.54) is 0 Å². The molecule has 1 aromatic carbocycles. The molecule has 4 nitrogen and oxygen atoms in total. The Balaban J connectivity index is 2.32. The highest BCUT2D eigenvalue weighted by atomic mass is 16.5. The summed E-state index contributed by atoms with van der Waals surface area (Å²) >= 11 is 0. The molecule has 1 aromatic heterocycles. The van der Waals surface area contributed by atoms with E-state index in [2.05, 4.69) is 16.9 Å². The Bertz CT molecular complexity index is 485. The minimum atomic E-state index is 0.509. The third-order valence-electron chi connectivity index (χ3n) is 2.21. The molecule has 0 aliphatic rings. The molecule has 0 aliphatic carbocycles. The monoisotopic (exact) mass is 216 g/mol. The lowest BCUT2D eigenvalue weighted by atomic mass is 10.2. The first kappa shape index (κ1) is 10.7. The SMILES string of the molecule is [CH2+]Cc1ncc2cc(OCCN)ccc2n1. The zero-order valence-corrected chi connectivity index (χ0v) is 9.02. The second kappa shape index (κ2) is 4.81. The van der Waals surface area contributed by atoms with Crippen LogP contribution in [-0.2, 0) is 6.42 Å². The van der Waals surface area contributed by atoms with Gasteiger partial charge in [0.05, 0.1) is 12.4 Å². The summed E-state index contributed by atoms with van der Waals surface area (Å²) in [5.74, 6) is 1.55. The van der Waals surface area contributed by atoms with E-state index in [9.17, 15) is 0 Å². The van der Waals surface area contributed by atoms with Gasteiger partial charge in [-0.2, -0.15) is 0 Å². The number of hydrogen-bond donors (Lipinski definition) is 1. The summed E-state index contributed by atoms with van der Waals surface area (Å²) in [6, 6.07) is 5.72. The number of ether oxygens (including phenoxy) is 1. The van der Waals surface area contributed by atoms with Gasteiger partial charge in [0.2, 0.25) is 0 Å². The van der Waals surface area contributed by atoms with Crippen LogP contribution in [0.3, 0.4) is 0 Å². The van der Waals surface area contributed by atoms with Gasteiger partial charge in [-0.15, -0.1) is 0 Å². The maximum absolute atomic E-state index is 5.43. The number of fused-ring (bicyclic) bond motifs is 1. The van der Waals surface area contributed by atoms with E-state index in [-0.39, 0.29) is 0 Å². The van der Waals surface area contributed by atoms with Crippen LogP contribution < -0.4 is 10.5 Å². The smallest absolute Gasteiger partial charge is 0.173 e. The molecule has 2 rings (SSSR count). The number of aromatic nitrogens is 2. The van der Waals surface area contributed by atoms with E-state index < -0.39 is 0 Å². The average molecular weight is 216 g/mol. The summed E-state index contributed by atoms with van der Waals surface area (Å²) in [5.41, 5.74) is 6.28. The minimum absolute atomic E-state index is 0.509. The molecular formula is C12H14N3O+. The molecule has 0 fully saturated rings. The fraction of sp³-hybridized carbons (Fsp3) is 0.250. The lowest BCUT2D eigenvalue weighted by molar-refractivity contribution is 0.329. The highest BCUT2D eigenvalue weighted by molar-refractivity contribution is 5.79. The van der Waals surface area contributed by atoms with Gasteiger partial charge in [-0.05, 0) is 18.2 Å². The fourth-order valence-corrected chi connectivity index (χ4v) is 1.44. The Kier molecular flexibility index (Phi) is 3.22. The second-order valence-electron chi connectivity index (χ2n) is 3.39. The number of nitrogens with two attached hydrogens (primary N) is 1. The van der Waals surface area contributed by atoms with Crippen LogP contribution in [0.1, 0.15) is 5.82 Å². The van der Waals surface area contributed by atoms with Crippen molar-refractivity contribution >= 4 is 10.9 Å². The average Bonchev–Trinajstić information content (AvgIpc) is 2.35. The van der Waals surface area contributed by atoms with E-state index in [4.69, 9.17) is 10.5 Å². The van der Waals surface area contributed by atoms with Crippen LogP contribution in [0.2, 0.25) is 0 Å². The van der Waals surface area contributed by atoms with Crippen LogP contribution in [0.5, 0.6) is 5.75 Å². The molecule has 16 heavy (non-hydrogen) atoms. The predicted molar refractivity (Wildman–Crippen MR) is 63.1 cm³/mol. The second-order valence-corrected chi connectivity index (χ2v) is 3.39. The molecule has 0 amide bonds. The van der Waals surface area contributed by atoms with Gasteiger partial charge in [0.1, 0.15) is 18.8 Å². The molecule has 0 spiro atoms. The molecule has 1 heterocycles. The summed E-state index contributed by atoms with van der Waals surface area (Å²) in [6.07, 6.45) is 2.39. The molecule has 2 aromatic rings. The van der Waals surface area contributed by atoms with Gasteiger partial charge in [0, 0.05) is 18.1 Å². The van der Waals surface area contributed by atoms with Gasteiger partial charge < -0.3 is 10.5 Å². The summed E-state index contributed by atoms with van der Waals surface area (Å²) in [5, 5.41) is 0.965. The lowest BCUT2D eigenvalue weighted by Crippen LogP contribution is -2.10. The largest absolute Gasteiger partial charge is 0.492 e. The Hall–Kier alpha value is -1.81. The zero-order chi connectivity index (χ0) is 11.4. The Morgan fingerprint density at radius 2 is 2.25 bits per heavy atom. The molecule has 82 valence electrons. The fourth-order valence-electron chi connectivity index (χ4n) is 1.44.